The number of carbonyl (C=O) groups is 2. The van der Waals surface area contributed by atoms with Crippen LogP contribution >= 0.6 is 0 Å². The van der Waals surface area contributed by atoms with E-state index in [4.69, 9.17) is 0 Å². The smallest absolute Gasteiger partial charge is 0.310 e. The van der Waals surface area contributed by atoms with Gasteiger partial charge in [0.25, 0.3) is 0 Å². The summed E-state index contributed by atoms with van der Waals surface area (Å²) < 4.78 is 0. The van der Waals surface area contributed by atoms with Crippen molar-refractivity contribution in [2.24, 2.45) is 11.3 Å². The van der Waals surface area contributed by atoms with E-state index in [1.54, 1.807) is 4.90 Å². The fourth-order valence-electron chi connectivity index (χ4n) is 3.35. The Morgan fingerprint density at radius 2 is 1.79 bits per heavy atom. The lowest BCUT2D eigenvalue weighted by Gasteiger charge is -2.38. The Labute approximate surface area is 115 Å². The molecule has 4 heteroatoms. The van der Waals surface area contributed by atoms with Gasteiger partial charge in [-0.1, -0.05) is 25.7 Å². The van der Waals surface area contributed by atoms with Crippen LogP contribution < -0.4 is 0 Å². The Balaban J connectivity index is 1.83. The van der Waals surface area contributed by atoms with E-state index in [9.17, 15) is 14.7 Å². The number of carboxylic acid groups (broad SMARTS) is 1. The van der Waals surface area contributed by atoms with Gasteiger partial charge in [-0.25, -0.2) is 0 Å². The average Bonchev–Trinajstić information content (AvgIpc) is 2.34. The molecule has 0 aromatic rings. The molecule has 4 nitrogen and oxygen atoms in total. The van der Waals surface area contributed by atoms with Crippen LogP contribution in [0.1, 0.15) is 57.8 Å². The van der Waals surface area contributed by atoms with E-state index in [1.165, 1.54) is 32.1 Å². The van der Waals surface area contributed by atoms with Gasteiger partial charge in [-0.3, -0.25) is 9.59 Å². The van der Waals surface area contributed by atoms with Gasteiger partial charge in [0.2, 0.25) is 5.91 Å². The standard InChI is InChI=1S/C15H25NO3/c1-16(11-12-6-3-2-4-7-12)13(17)10-15(14(18)19)8-5-9-15/h12H,2-11H2,1H3,(H,18,19). The van der Waals surface area contributed by atoms with Crippen LogP contribution in [0.15, 0.2) is 0 Å². The van der Waals surface area contributed by atoms with Crippen molar-refractivity contribution in [2.75, 3.05) is 13.6 Å². The molecule has 0 radical (unpaired) electrons. The van der Waals surface area contributed by atoms with E-state index in [0.717, 1.165) is 13.0 Å². The van der Waals surface area contributed by atoms with Crippen molar-refractivity contribution >= 4 is 11.9 Å². The van der Waals surface area contributed by atoms with Crippen LogP contribution in [0.5, 0.6) is 0 Å². The van der Waals surface area contributed by atoms with Gasteiger partial charge in [0, 0.05) is 20.0 Å². The van der Waals surface area contributed by atoms with Gasteiger partial charge < -0.3 is 10.0 Å². The van der Waals surface area contributed by atoms with Crippen molar-refractivity contribution in [3.8, 4) is 0 Å². The van der Waals surface area contributed by atoms with Gasteiger partial charge in [0.15, 0.2) is 0 Å². The van der Waals surface area contributed by atoms with Crippen LogP contribution in [-0.4, -0.2) is 35.5 Å². The summed E-state index contributed by atoms with van der Waals surface area (Å²) in [7, 11) is 1.82. The Hall–Kier alpha value is -1.06. The van der Waals surface area contributed by atoms with E-state index in [-0.39, 0.29) is 12.3 Å². The number of amides is 1. The first-order valence-corrected chi connectivity index (χ1v) is 7.51. The van der Waals surface area contributed by atoms with Crippen LogP contribution in [0.25, 0.3) is 0 Å². The third kappa shape index (κ3) is 3.28. The first kappa shape index (κ1) is 14.4. The molecule has 108 valence electrons. The van der Waals surface area contributed by atoms with Crippen LogP contribution in [0.4, 0.5) is 0 Å². The Bertz CT molecular complexity index is 343. The number of carbonyl (C=O) groups excluding carboxylic acids is 1. The van der Waals surface area contributed by atoms with Gasteiger partial charge in [-0.2, -0.15) is 0 Å². The Morgan fingerprint density at radius 3 is 2.26 bits per heavy atom. The number of hydrogen-bond acceptors (Lipinski definition) is 2. The summed E-state index contributed by atoms with van der Waals surface area (Å²) in [6.45, 7) is 0.800. The number of rotatable bonds is 5. The van der Waals surface area contributed by atoms with Crippen LogP contribution in [-0.2, 0) is 9.59 Å². The van der Waals surface area contributed by atoms with Crippen molar-refractivity contribution in [1.29, 1.82) is 0 Å². The highest BCUT2D eigenvalue weighted by atomic mass is 16.4. The molecule has 1 N–H and O–H groups in total. The molecule has 2 aliphatic rings. The van der Waals surface area contributed by atoms with Crippen molar-refractivity contribution in [3.63, 3.8) is 0 Å². The second kappa shape index (κ2) is 5.93. The van der Waals surface area contributed by atoms with Gasteiger partial charge in [0.05, 0.1) is 5.41 Å². The predicted octanol–water partition coefficient (Wildman–Crippen LogP) is 2.67. The molecule has 2 rings (SSSR count). The molecule has 0 unspecified atom stereocenters. The Morgan fingerprint density at radius 1 is 1.16 bits per heavy atom. The first-order valence-electron chi connectivity index (χ1n) is 7.51. The van der Waals surface area contributed by atoms with E-state index >= 15 is 0 Å². The lowest BCUT2D eigenvalue weighted by molar-refractivity contribution is -0.159. The fraction of sp³-hybridized carbons (Fsp3) is 0.867. The molecular weight excluding hydrogens is 242 g/mol. The van der Waals surface area contributed by atoms with E-state index in [1.807, 2.05) is 7.05 Å². The predicted molar refractivity (Wildman–Crippen MR) is 72.7 cm³/mol. The highest BCUT2D eigenvalue weighted by Gasteiger charge is 2.46. The second-order valence-electron chi connectivity index (χ2n) is 6.39. The van der Waals surface area contributed by atoms with Crippen LogP contribution in [0.3, 0.4) is 0 Å². The summed E-state index contributed by atoms with van der Waals surface area (Å²) in [5.41, 5.74) is -0.752. The van der Waals surface area contributed by atoms with Crippen molar-refractivity contribution in [3.05, 3.63) is 0 Å². The van der Waals surface area contributed by atoms with E-state index < -0.39 is 11.4 Å². The minimum atomic E-state index is -0.793. The minimum Gasteiger partial charge on any atom is -0.481 e. The monoisotopic (exact) mass is 267 g/mol. The molecule has 1 amide bonds. The normalized spacial score (nSPS) is 22.6. The summed E-state index contributed by atoms with van der Waals surface area (Å²) in [5.74, 6) is -0.171. The molecule has 2 aliphatic carbocycles. The zero-order valence-corrected chi connectivity index (χ0v) is 11.9. The summed E-state index contributed by atoms with van der Waals surface area (Å²) in [6, 6.07) is 0. The number of aliphatic carboxylic acids is 1. The summed E-state index contributed by atoms with van der Waals surface area (Å²) in [6.07, 6.45) is 8.71. The van der Waals surface area contributed by atoms with Crippen molar-refractivity contribution in [1.82, 2.24) is 4.90 Å². The summed E-state index contributed by atoms with van der Waals surface area (Å²) in [5, 5.41) is 9.27. The molecule has 0 atom stereocenters. The molecule has 2 fully saturated rings. The molecule has 0 aromatic heterocycles. The molecule has 19 heavy (non-hydrogen) atoms. The largest absolute Gasteiger partial charge is 0.481 e. The zero-order valence-electron chi connectivity index (χ0n) is 11.9. The second-order valence-corrected chi connectivity index (χ2v) is 6.39. The van der Waals surface area contributed by atoms with Gasteiger partial charge in [0.1, 0.15) is 0 Å². The molecular formula is C15H25NO3. The molecule has 0 spiro atoms. The lowest BCUT2D eigenvalue weighted by Crippen LogP contribution is -2.43. The highest BCUT2D eigenvalue weighted by Crippen LogP contribution is 2.44. The fourth-order valence-corrected chi connectivity index (χ4v) is 3.35. The molecule has 0 bridgehead atoms. The molecule has 2 saturated carbocycles. The molecule has 0 heterocycles. The third-order valence-corrected chi connectivity index (χ3v) is 4.94. The molecule has 0 saturated heterocycles. The van der Waals surface area contributed by atoms with E-state index in [2.05, 4.69) is 0 Å². The maximum absolute atomic E-state index is 12.2. The van der Waals surface area contributed by atoms with Crippen molar-refractivity contribution in [2.45, 2.75) is 57.8 Å². The summed E-state index contributed by atoms with van der Waals surface area (Å²) >= 11 is 0. The third-order valence-electron chi connectivity index (χ3n) is 4.94. The van der Waals surface area contributed by atoms with Crippen molar-refractivity contribution < 1.29 is 14.7 Å². The first-order chi connectivity index (χ1) is 9.03. The SMILES string of the molecule is CN(CC1CCCCC1)C(=O)CC1(C(=O)O)CCC1. The summed E-state index contributed by atoms with van der Waals surface area (Å²) in [4.78, 5) is 25.2. The molecule has 0 aliphatic heterocycles. The minimum absolute atomic E-state index is 0.00711. The van der Waals surface area contributed by atoms with Gasteiger partial charge >= 0.3 is 5.97 Å². The number of carboxylic acids is 1. The molecule has 0 aromatic carbocycles. The number of hydrogen-bond donors (Lipinski definition) is 1. The highest BCUT2D eigenvalue weighted by molar-refractivity contribution is 5.85. The topological polar surface area (TPSA) is 57.6 Å². The quantitative estimate of drug-likeness (QED) is 0.833. The average molecular weight is 267 g/mol. The lowest BCUT2D eigenvalue weighted by atomic mass is 9.66. The van der Waals surface area contributed by atoms with Gasteiger partial charge in [-0.15, -0.1) is 0 Å². The number of nitrogens with zero attached hydrogens (tertiary/aromatic N) is 1. The van der Waals surface area contributed by atoms with Crippen LogP contribution in [0.2, 0.25) is 0 Å². The maximum Gasteiger partial charge on any atom is 0.310 e. The maximum atomic E-state index is 12.2. The van der Waals surface area contributed by atoms with E-state index in [0.29, 0.717) is 18.8 Å². The van der Waals surface area contributed by atoms with Gasteiger partial charge in [-0.05, 0) is 31.6 Å². The van der Waals surface area contributed by atoms with Crippen LogP contribution in [0, 0.1) is 11.3 Å². The Kier molecular flexibility index (Phi) is 4.48. The zero-order chi connectivity index (χ0) is 13.9.